The molecular weight excluding hydrogens is 255 g/mol. The summed E-state index contributed by atoms with van der Waals surface area (Å²) in [6.45, 7) is 1.43. The summed E-state index contributed by atoms with van der Waals surface area (Å²) in [5, 5.41) is 10.7. The number of carbonyl (C=O) groups excluding carboxylic acids is 1. The standard InChI is InChI=1S/C10H10F3NO4/c1-5(2-8(15)16)14-9(17)6-3-7(18-4-6)10(11,12)13/h3-5H,2H2,1H3,(H,14,17)(H,15,16). The summed E-state index contributed by atoms with van der Waals surface area (Å²) in [5.41, 5.74) is -0.306. The lowest BCUT2D eigenvalue weighted by Gasteiger charge is -2.09. The first-order chi connectivity index (χ1) is 8.20. The second kappa shape index (κ2) is 5.11. The number of hydrogen-bond donors (Lipinski definition) is 2. The number of carboxylic acid groups (broad SMARTS) is 1. The van der Waals surface area contributed by atoms with Crippen LogP contribution in [0.15, 0.2) is 16.7 Å². The van der Waals surface area contributed by atoms with Crippen molar-refractivity contribution in [3.8, 4) is 0 Å². The van der Waals surface area contributed by atoms with Crippen molar-refractivity contribution in [2.75, 3.05) is 0 Å². The number of furan rings is 1. The highest BCUT2D eigenvalue weighted by molar-refractivity contribution is 5.94. The fourth-order valence-electron chi connectivity index (χ4n) is 1.22. The largest absolute Gasteiger partial charge is 0.481 e. The number of hydrogen-bond acceptors (Lipinski definition) is 3. The fourth-order valence-corrected chi connectivity index (χ4v) is 1.22. The molecule has 1 amide bonds. The zero-order valence-electron chi connectivity index (χ0n) is 9.25. The maximum Gasteiger partial charge on any atom is 0.449 e. The van der Waals surface area contributed by atoms with Crippen LogP contribution in [0.3, 0.4) is 0 Å². The smallest absolute Gasteiger partial charge is 0.449 e. The maximum absolute atomic E-state index is 12.2. The molecule has 0 saturated carbocycles. The van der Waals surface area contributed by atoms with Crippen LogP contribution in [0.2, 0.25) is 0 Å². The van der Waals surface area contributed by atoms with Crippen LogP contribution in [0, 0.1) is 0 Å². The monoisotopic (exact) mass is 265 g/mol. The van der Waals surface area contributed by atoms with E-state index >= 15 is 0 Å². The van der Waals surface area contributed by atoms with E-state index in [9.17, 15) is 22.8 Å². The van der Waals surface area contributed by atoms with Crippen LogP contribution in [0.5, 0.6) is 0 Å². The molecule has 1 rings (SSSR count). The Morgan fingerprint density at radius 2 is 2.11 bits per heavy atom. The zero-order chi connectivity index (χ0) is 13.9. The Morgan fingerprint density at radius 1 is 1.50 bits per heavy atom. The predicted octanol–water partition coefficient (Wildman–Crippen LogP) is 1.89. The van der Waals surface area contributed by atoms with Crippen molar-refractivity contribution in [1.29, 1.82) is 0 Å². The number of amides is 1. The average molecular weight is 265 g/mol. The van der Waals surface area contributed by atoms with E-state index in [0.29, 0.717) is 12.3 Å². The van der Waals surface area contributed by atoms with Crippen LogP contribution in [0.1, 0.15) is 29.5 Å². The van der Waals surface area contributed by atoms with Crippen molar-refractivity contribution in [3.05, 3.63) is 23.7 Å². The summed E-state index contributed by atoms with van der Waals surface area (Å²) in [5.74, 6) is -3.22. The zero-order valence-corrected chi connectivity index (χ0v) is 9.25. The molecule has 0 radical (unpaired) electrons. The second-order valence-electron chi connectivity index (χ2n) is 3.67. The molecule has 100 valence electrons. The van der Waals surface area contributed by atoms with E-state index in [0.717, 1.165) is 0 Å². The Bertz CT molecular complexity index is 452. The molecule has 18 heavy (non-hydrogen) atoms. The van der Waals surface area contributed by atoms with Gasteiger partial charge in [-0.1, -0.05) is 0 Å². The molecule has 0 aromatic carbocycles. The van der Waals surface area contributed by atoms with Gasteiger partial charge in [-0.15, -0.1) is 0 Å². The molecule has 5 nitrogen and oxygen atoms in total. The Morgan fingerprint density at radius 3 is 2.56 bits per heavy atom. The topological polar surface area (TPSA) is 79.5 Å². The van der Waals surface area contributed by atoms with Crippen LogP contribution in [-0.2, 0) is 11.0 Å². The molecule has 0 fully saturated rings. The normalized spacial score (nSPS) is 13.1. The van der Waals surface area contributed by atoms with Crippen molar-refractivity contribution in [2.45, 2.75) is 25.6 Å². The van der Waals surface area contributed by atoms with Crippen LogP contribution in [-0.4, -0.2) is 23.0 Å². The SMILES string of the molecule is CC(CC(=O)O)NC(=O)c1coc(C(F)(F)F)c1. The Hall–Kier alpha value is -1.99. The van der Waals surface area contributed by atoms with Gasteiger partial charge < -0.3 is 14.8 Å². The summed E-state index contributed by atoms with van der Waals surface area (Å²) < 4.78 is 40.8. The molecule has 0 saturated heterocycles. The lowest BCUT2D eigenvalue weighted by molar-refractivity contribution is -0.153. The summed E-state index contributed by atoms with van der Waals surface area (Å²) in [7, 11) is 0. The van der Waals surface area contributed by atoms with E-state index in [-0.39, 0.29) is 12.0 Å². The number of alkyl halides is 3. The molecule has 1 aromatic rings. The predicted molar refractivity (Wildman–Crippen MR) is 52.9 cm³/mol. The summed E-state index contributed by atoms with van der Waals surface area (Å²) in [4.78, 5) is 21.8. The molecule has 8 heteroatoms. The average Bonchev–Trinajstić information content (AvgIpc) is 2.63. The first-order valence-electron chi connectivity index (χ1n) is 4.88. The van der Waals surface area contributed by atoms with E-state index in [1.54, 1.807) is 0 Å². The maximum atomic E-state index is 12.2. The van der Waals surface area contributed by atoms with Gasteiger partial charge in [0, 0.05) is 12.1 Å². The van der Waals surface area contributed by atoms with Gasteiger partial charge in [0.2, 0.25) is 5.76 Å². The second-order valence-corrected chi connectivity index (χ2v) is 3.67. The number of carboxylic acids is 1. The molecule has 0 aliphatic carbocycles. The minimum absolute atomic E-state index is 0.306. The highest BCUT2D eigenvalue weighted by atomic mass is 19.4. The van der Waals surface area contributed by atoms with Gasteiger partial charge in [0.15, 0.2) is 0 Å². The third-order valence-electron chi connectivity index (χ3n) is 2.00. The van der Waals surface area contributed by atoms with Crippen molar-refractivity contribution < 1.29 is 32.3 Å². The van der Waals surface area contributed by atoms with Crippen LogP contribution < -0.4 is 5.32 Å². The number of carbonyl (C=O) groups is 2. The van der Waals surface area contributed by atoms with Crippen LogP contribution in [0.25, 0.3) is 0 Å². The van der Waals surface area contributed by atoms with Crippen molar-refractivity contribution in [1.82, 2.24) is 5.32 Å². The molecule has 0 bridgehead atoms. The van der Waals surface area contributed by atoms with Gasteiger partial charge >= 0.3 is 12.1 Å². The van der Waals surface area contributed by atoms with Crippen molar-refractivity contribution in [3.63, 3.8) is 0 Å². The van der Waals surface area contributed by atoms with Gasteiger partial charge in [0.25, 0.3) is 5.91 Å². The minimum atomic E-state index is -4.66. The molecule has 1 unspecified atom stereocenters. The van der Waals surface area contributed by atoms with Gasteiger partial charge in [0.05, 0.1) is 12.0 Å². The third-order valence-corrected chi connectivity index (χ3v) is 2.00. The van der Waals surface area contributed by atoms with Gasteiger partial charge in [0.1, 0.15) is 6.26 Å². The lowest BCUT2D eigenvalue weighted by Crippen LogP contribution is -2.33. The third kappa shape index (κ3) is 3.79. The van der Waals surface area contributed by atoms with Crippen LogP contribution >= 0.6 is 0 Å². The summed E-state index contributed by atoms with van der Waals surface area (Å²) in [6.07, 6.45) is -4.31. The Labute approximate surface area is 99.6 Å². The fraction of sp³-hybridized carbons (Fsp3) is 0.400. The van der Waals surface area contributed by atoms with Crippen molar-refractivity contribution in [2.24, 2.45) is 0 Å². The highest BCUT2D eigenvalue weighted by Crippen LogP contribution is 2.30. The van der Waals surface area contributed by atoms with E-state index in [4.69, 9.17) is 5.11 Å². The molecular formula is C10H10F3NO4. The molecule has 0 aliphatic heterocycles. The Balaban J connectivity index is 2.68. The molecule has 0 aliphatic rings. The van der Waals surface area contributed by atoms with Crippen LogP contribution in [0.4, 0.5) is 13.2 Å². The van der Waals surface area contributed by atoms with E-state index in [2.05, 4.69) is 9.73 Å². The summed E-state index contributed by atoms with van der Waals surface area (Å²) in [6, 6.07) is -0.137. The number of aliphatic carboxylic acids is 1. The van der Waals surface area contributed by atoms with Gasteiger partial charge in [-0.2, -0.15) is 13.2 Å². The molecule has 1 aromatic heterocycles. The molecule has 2 N–H and O–H groups in total. The van der Waals surface area contributed by atoms with Gasteiger partial charge in [-0.05, 0) is 6.92 Å². The first-order valence-corrected chi connectivity index (χ1v) is 4.88. The van der Waals surface area contributed by atoms with Gasteiger partial charge in [-0.25, -0.2) is 0 Å². The quantitative estimate of drug-likeness (QED) is 0.871. The van der Waals surface area contributed by atoms with E-state index in [1.165, 1.54) is 6.92 Å². The number of halogens is 3. The molecule has 1 heterocycles. The summed E-state index contributed by atoms with van der Waals surface area (Å²) >= 11 is 0. The first kappa shape index (κ1) is 14.1. The van der Waals surface area contributed by atoms with Gasteiger partial charge in [-0.3, -0.25) is 9.59 Å². The molecule has 1 atom stereocenters. The number of rotatable bonds is 4. The lowest BCUT2D eigenvalue weighted by atomic mass is 10.2. The number of nitrogens with one attached hydrogen (secondary N) is 1. The van der Waals surface area contributed by atoms with E-state index in [1.807, 2.05) is 0 Å². The highest BCUT2D eigenvalue weighted by Gasteiger charge is 2.35. The molecule has 0 spiro atoms. The van der Waals surface area contributed by atoms with Crippen molar-refractivity contribution >= 4 is 11.9 Å². The van der Waals surface area contributed by atoms with E-state index < -0.39 is 29.9 Å². The Kier molecular flexibility index (Phi) is 4.00. The minimum Gasteiger partial charge on any atom is -0.481 e.